The van der Waals surface area contributed by atoms with Gasteiger partial charge in [-0.1, -0.05) is 6.07 Å². The summed E-state index contributed by atoms with van der Waals surface area (Å²) in [5, 5.41) is 3.27. The fourth-order valence-electron chi connectivity index (χ4n) is 2.72. The van der Waals surface area contributed by atoms with Crippen molar-refractivity contribution in [2.75, 3.05) is 27.2 Å². The van der Waals surface area contributed by atoms with Gasteiger partial charge in [0.15, 0.2) is 0 Å². The summed E-state index contributed by atoms with van der Waals surface area (Å²) in [6.07, 6.45) is 2.25. The summed E-state index contributed by atoms with van der Waals surface area (Å²) in [6.45, 7) is 2.56. The van der Waals surface area contributed by atoms with E-state index in [1.165, 1.54) is 7.11 Å². The predicted octanol–water partition coefficient (Wildman–Crippen LogP) is 3.49. The number of benzene rings is 1. The Bertz CT molecular complexity index is 496. The van der Waals surface area contributed by atoms with E-state index in [0.717, 1.165) is 31.5 Å². The summed E-state index contributed by atoms with van der Waals surface area (Å²) in [5.74, 6) is 0.262. The number of methoxy groups -OCH3 is 1. The van der Waals surface area contributed by atoms with E-state index in [1.807, 2.05) is 13.1 Å². The zero-order chi connectivity index (χ0) is 16.2. The van der Waals surface area contributed by atoms with Crippen molar-refractivity contribution in [2.45, 2.75) is 35.8 Å². The van der Waals surface area contributed by atoms with E-state index in [4.69, 9.17) is 4.74 Å². The van der Waals surface area contributed by atoms with Crippen LogP contribution in [-0.4, -0.2) is 43.7 Å². The summed E-state index contributed by atoms with van der Waals surface area (Å²) in [7, 11) is 3.33. The molecule has 124 valence electrons. The van der Waals surface area contributed by atoms with E-state index >= 15 is 0 Å². The lowest BCUT2D eigenvalue weighted by molar-refractivity contribution is -0.0328. The second kappa shape index (κ2) is 7.57. The Balaban J connectivity index is 2.09. The molecule has 1 unspecified atom stereocenters. The summed E-state index contributed by atoms with van der Waals surface area (Å²) < 4.78 is 42.9. The number of nitrogens with zero attached hydrogens (tertiary/aromatic N) is 1. The third-order valence-corrected chi connectivity index (χ3v) is 4.54. The van der Waals surface area contributed by atoms with E-state index in [9.17, 15) is 13.2 Å². The number of rotatable bonds is 5. The number of halogens is 3. The number of alkyl halides is 3. The minimum atomic E-state index is -4.31. The number of piperidine rings is 1. The van der Waals surface area contributed by atoms with Crippen LogP contribution < -0.4 is 10.1 Å². The molecule has 3 nitrogen and oxygen atoms in total. The Hall–Kier alpha value is -0.920. The second-order valence-corrected chi connectivity index (χ2v) is 6.50. The van der Waals surface area contributed by atoms with Gasteiger partial charge in [0.2, 0.25) is 0 Å². The van der Waals surface area contributed by atoms with Gasteiger partial charge in [-0.25, -0.2) is 0 Å². The summed E-state index contributed by atoms with van der Waals surface area (Å²) in [6, 6.07) is 5.49. The Labute approximate surface area is 133 Å². The van der Waals surface area contributed by atoms with E-state index < -0.39 is 5.51 Å². The summed E-state index contributed by atoms with van der Waals surface area (Å²) in [5.41, 5.74) is -3.43. The number of hydrogen-bond acceptors (Lipinski definition) is 4. The zero-order valence-electron chi connectivity index (χ0n) is 12.7. The Morgan fingerprint density at radius 1 is 1.41 bits per heavy atom. The minimum Gasteiger partial charge on any atom is -0.496 e. The van der Waals surface area contributed by atoms with E-state index in [0.29, 0.717) is 12.6 Å². The van der Waals surface area contributed by atoms with Crippen LogP contribution in [0.3, 0.4) is 0 Å². The van der Waals surface area contributed by atoms with E-state index in [1.54, 1.807) is 12.1 Å². The Kier molecular flexibility index (Phi) is 6.00. The Morgan fingerprint density at radius 3 is 2.82 bits per heavy atom. The standard InChI is InChI=1S/C15H21F3N2OS/c1-19-12-4-3-7-20(10-12)9-11-5-6-13(21-2)14(8-11)22-15(16,17)18/h5-6,8,12,19H,3-4,7,9-10H2,1-2H3. The SMILES string of the molecule is CNC1CCCN(Cc2ccc(OC)c(SC(F)(F)F)c2)C1. The van der Waals surface area contributed by atoms with Crippen molar-refractivity contribution < 1.29 is 17.9 Å². The lowest BCUT2D eigenvalue weighted by Crippen LogP contribution is -2.43. The third kappa shape index (κ3) is 5.07. The summed E-state index contributed by atoms with van der Waals surface area (Å²) >= 11 is -0.123. The predicted molar refractivity (Wildman–Crippen MR) is 82.3 cm³/mol. The highest BCUT2D eigenvalue weighted by atomic mass is 32.2. The van der Waals surface area contributed by atoms with Crippen LogP contribution in [0, 0.1) is 0 Å². The van der Waals surface area contributed by atoms with Crippen molar-refractivity contribution in [1.82, 2.24) is 10.2 Å². The fourth-order valence-corrected chi connectivity index (χ4v) is 3.43. The molecule has 0 spiro atoms. The van der Waals surface area contributed by atoms with E-state index in [2.05, 4.69) is 10.2 Å². The first-order valence-corrected chi connectivity index (χ1v) is 8.05. The maximum Gasteiger partial charge on any atom is 0.446 e. The van der Waals surface area contributed by atoms with Crippen molar-refractivity contribution in [3.05, 3.63) is 23.8 Å². The molecule has 0 amide bonds. The van der Waals surface area contributed by atoms with Gasteiger partial charge in [0.1, 0.15) is 5.75 Å². The van der Waals surface area contributed by atoms with Crippen LogP contribution in [0.25, 0.3) is 0 Å². The largest absolute Gasteiger partial charge is 0.496 e. The number of nitrogens with one attached hydrogen (secondary N) is 1. The van der Waals surface area contributed by atoms with Gasteiger partial charge in [0.05, 0.1) is 12.0 Å². The highest BCUT2D eigenvalue weighted by molar-refractivity contribution is 8.00. The smallest absolute Gasteiger partial charge is 0.446 e. The molecule has 1 N–H and O–H groups in total. The number of likely N-dealkylation sites (N-methyl/N-ethyl adjacent to an activating group) is 1. The van der Waals surface area contributed by atoms with Gasteiger partial charge in [0.25, 0.3) is 0 Å². The molecule has 2 rings (SSSR count). The van der Waals surface area contributed by atoms with Gasteiger partial charge in [0, 0.05) is 19.1 Å². The number of ether oxygens (including phenoxy) is 1. The maximum absolute atomic E-state index is 12.6. The fraction of sp³-hybridized carbons (Fsp3) is 0.600. The zero-order valence-corrected chi connectivity index (χ0v) is 13.6. The third-order valence-electron chi connectivity index (χ3n) is 3.77. The van der Waals surface area contributed by atoms with Crippen LogP contribution in [0.5, 0.6) is 5.75 Å². The van der Waals surface area contributed by atoms with Crippen LogP contribution in [-0.2, 0) is 6.54 Å². The summed E-state index contributed by atoms with van der Waals surface area (Å²) in [4.78, 5) is 2.39. The first-order chi connectivity index (χ1) is 10.4. The number of likely N-dealkylation sites (tertiary alicyclic amines) is 1. The molecule has 1 aliphatic heterocycles. The van der Waals surface area contributed by atoms with Gasteiger partial charge in [-0.15, -0.1) is 0 Å². The first-order valence-electron chi connectivity index (χ1n) is 7.23. The van der Waals surface area contributed by atoms with Crippen molar-refractivity contribution >= 4 is 11.8 Å². The van der Waals surface area contributed by atoms with Gasteiger partial charge >= 0.3 is 5.51 Å². The van der Waals surface area contributed by atoms with Gasteiger partial charge in [-0.2, -0.15) is 13.2 Å². The molecular weight excluding hydrogens is 313 g/mol. The average Bonchev–Trinajstić information content (AvgIpc) is 2.46. The first kappa shape index (κ1) is 17.4. The number of hydrogen-bond donors (Lipinski definition) is 1. The van der Waals surface area contributed by atoms with Crippen LogP contribution >= 0.6 is 11.8 Å². The topological polar surface area (TPSA) is 24.5 Å². The molecule has 0 radical (unpaired) electrons. The quantitative estimate of drug-likeness (QED) is 0.833. The second-order valence-electron chi connectivity index (χ2n) is 5.40. The van der Waals surface area contributed by atoms with Crippen molar-refractivity contribution in [3.63, 3.8) is 0 Å². The molecule has 0 aliphatic carbocycles. The van der Waals surface area contributed by atoms with Crippen LogP contribution in [0.2, 0.25) is 0 Å². The van der Waals surface area contributed by atoms with Gasteiger partial charge in [-0.3, -0.25) is 4.90 Å². The van der Waals surface area contributed by atoms with Crippen molar-refractivity contribution in [3.8, 4) is 5.75 Å². The highest BCUT2D eigenvalue weighted by Crippen LogP contribution is 2.41. The van der Waals surface area contributed by atoms with Gasteiger partial charge in [-0.05, 0) is 55.9 Å². The minimum absolute atomic E-state index is 0.120. The molecule has 22 heavy (non-hydrogen) atoms. The van der Waals surface area contributed by atoms with Crippen LogP contribution in [0.4, 0.5) is 13.2 Å². The van der Waals surface area contributed by atoms with Crippen LogP contribution in [0.1, 0.15) is 18.4 Å². The molecule has 1 heterocycles. The molecule has 1 fully saturated rings. The average molecular weight is 334 g/mol. The molecule has 0 bridgehead atoms. The molecule has 1 aliphatic rings. The van der Waals surface area contributed by atoms with Gasteiger partial charge < -0.3 is 10.1 Å². The molecule has 1 aromatic rings. The molecule has 1 aromatic carbocycles. The molecular formula is C15H21F3N2OS. The molecule has 1 atom stereocenters. The normalized spacial score (nSPS) is 20.1. The number of thioether (sulfide) groups is 1. The molecule has 0 saturated carbocycles. The highest BCUT2D eigenvalue weighted by Gasteiger charge is 2.31. The van der Waals surface area contributed by atoms with E-state index in [-0.39, 0.29) is 22.4 Å². The molecule has 0 aromatic heterocycles. The monoisotopic (exact) mass is 334 g/mol. The lowest BCUT2D eigenvalue weighted by atomic mass is 10.1. The maximum atomic E-state index is 12.6. The lowest BCUT2D eigenvalue weighted by Gasteiger charge is -2.32. The van der Waals surface area contributed by atoms with Crippen molar-refractivity contribution in [2.24, 2.45) is 0 Å². The molecule has 1 saturated heterocycles. The van der Waals surface area contributed by atoms with Crippen LogP contribution in [0.15, 0.2) is 23.1 Å². The molecule has 7 heteroatoms. The van der Waals surface area contributed by atoms with Crippen molar-refractivity contribution in [1.29, 1.82) is 0 Å². The Morgan fingerprint density at radius 2 is 2.18 bits per heavy atom.